The van der Waals surface area contributed by atoms with Crippen molar-refractivity contribution in [3.05, 3.63) is 22.1 Å². The first-order valence-corrected chi connectivity index (χ1v) is 6.00. The number of rotatable bonds is 2. The first kappa shape index (κ1) is 10.7. The number of halogens is 1. The third kappa shape index (κ3) is 2.25. The van der Waals surface area contributed by atoms with E-state index >= 15 is 0 Å². The second-order valence-electron chi connectivity index (χ2n) is 3.96. The Labute approximate surface area is 96.6 Å². The number of furan rings is 1. The molecule has 4 heteroatoms. The molecule has 1 heterocycles. The summed E-state index contributed by atoms with van der Waals surface area (Å²) in [4.78, 5) is 10.7. The molecule has 1 saturated carbocycles. The molecule has 1 aromatic rings. The van der Waals surface area contributed by atoms with Gasteiger partial charge in [0.05, 0.1) is 4.47 Å². The molecule has 0 saturated heterocycles. The van der Waals surface area contributed by atoms with Crippen molar-refractivity contribution in [3.8, 4) is 0 Å². The van der Waals surface area contributed by atoms with Crippen LogP contribution in [-0.4, -0.2) is 11.1 Å². The zero-order valence-electron chi connectivity index (χ0n) is 8.33. The quantitative estimate of drug-likeness (QED) is 0.891. The molecule has 1 aromatic heterocycles. The Balaban J connectivity index is 2.22. The minimum absolute atomic E-state index is 0.0300. The van der Waals surface area contributed by atoms with E-state index in [-0.39, 0.29) is 5.76 Å². The number of hydrogen-bond donors (Lipinski definition) is 1. The van der Waals surface area contributed by atoms with Crippen LogP contribution in [0.25, 0.3) is 0 Å². The molecule has 0 atom stereocenters. The first-order chi connectivity index (χ1) is 7.18. The van der Waals surface area contributed by atoms with E-state index in [9.17, 15) is 4.79 Å². The van der Waals surface area contributed by atoms with Gasteiger partial charge in [0, 0.05) is 12.0 Å². The average molecular weight is 273 g/mol. The van der Waals surface area contributed by atoms with Crippen LogP contribution < -0.4 is 0 Å². The van der Waals surface area contributed by atoms with E-state index < -0.39 is 5.97 Å². The summed E-state index contributed by atoms with van der Waals surface area (Å²) in [7, 11) is 0. The fourth-order valence-corrected chi connectivity index (χ4v) is 2.74. The first-order valence-electron chi connectivity index (χ1n) is 5.21. The molecule has 82 valence electrons. The smallest absolute Gasteiger partial charge is 0.371 e. The Morgan fingerprint density at radius 3 is 2.60 bits per heavy atom. The van der Waals surface area contributed by atoms with Gasteiger partial charge < -0.3 is 9.52 Å². The molecule has 1 aliphatic rings. The van der Waals surface area contributed by atoms with E-state index in [0.29, 0.717) is 5.92 Å². The summed E-state index contributed by atoms with van der Waals surface area (Å²) < 4.78 is 6.17. The predicted octanol–water partition coefficient (Wildman–Crippen LogP) is 3.79. The Morgan fingerprint density at radius 1 is 1.40 bits per heavy atom. The van der Waals surface area contributed by atoms with Crippen LogP contribution in [0.4, 0.5) is 0 Å². The van der Waals surface area contributed by atoms with E-state index in [1.54, 1.807) is 6.07 Å². The van der Waals surface area contributed by atoms with Crippen LogP contribution in [-0.2, 0) is 0 Å². The lowest BCUT2D eigenvalue weighted by atomic mass is 9.88. The van der Waals surface area contributed by atoms with Crippen LogP contribution in [0.2, 0.25) is 0 Å². The minimum atomic E-state index is -1.00. The molecule has 0 spiro atoms. The summed E-state index contributed by atoms with van der Waals surface area (Å²) in [6.45, 7) is 0. The number of aromatic carboxylic acids is 1. The lowest BCUT2D eigenvalue weighted by molar-refractivity contribution is 0.0659. The van der Waals surface area contributed by atoms with Crippen LogP contribution in [0, 0.1) is 0 Å². The standard InChI is InChI=1S/C11H13BrO3/c12-8-6-9(11(13)14)15-10(8)7-4-2-1-3-5-7/h6-7H,1-5H2,(H,13,14). The van der Waals surface area contributed by atoms with Crippen molar-refractivity contribution in [1.82, 2.24) is 0 Å². The third-order valence-electron chi connectivity index (χ3n) is 2.90. The summed E-state index contributed by atoms with van der Waals surface area (Å²) in [6.07, 6.45) is 5.90. The minimum Gasteiger partial charge on any atom is -0.475 e. The van der Waals surface area contributed by atoms with Gasteiger partial charge in [-0.05, 0) is 28.8 Å². The van der Waals surface area contributed by atoms with Crippen molar-refractivity contribution in [2.24, 2.45) is 0 Å². The van der Waals surface area contributed by atoms with Gasteiger partial charge in [-0.1, -0.05) is 19.3 Å². The van der Waals surface area contributed by atoms with Gasteiger partial charge in [0.1, 0.15) is 5.76 Å². The zero-order chi connectivity index (χ0) is 10.8. The number of carboxylic acids is 1. The molecule has 0 radical (unpaired) electrons. The van der Waals surface area contributed by atoms with Crippen molar-refractivity contribution in [2.45, 2.75) is 38.0 Å². The second-order valence-corrected chi connectivity index (χ2v) is 4.82. The summed E-state index contributed by atoms with van der Waals surface area (Å²) in [5.41, 5.74) is 0. The zero-order valence-corrected chi connectivity index (χ0v) is 9.92. The Hall–Kier alpha value is -0.770. The molecule has 0 aliphatic heterocycles. The fourth-order valence-electron chi connectivity index (χ4n) is 2.13. The molecular weight excluding hydrogens is 260 g/mol. The van der Waals surface area contributed by atoms with Crippen LogP contribution in [0.5, 0.6) is 0 Å². The maximum absolute atomic E-state index is 10.7. The lowest BCUT2D eigenvalue weighted by Gasteiger charge is -2.19. The van der Waals surface area contributed by atoms with Crippen molar-refractivity contribution in [3.63, 3.8) is 0 Å². The van der Waals surface area contributed by atoms with Gasteiger partial charge in [-0.25, -0.2) is 4.79 Å². The van der Waals surface area contributed by atoms with Crippen molar-refractivity contribution in [1.29, 1.82) is 0 Å². The Morgan fingerprint density at radius 2 is 2.07 bits per heavy atom. The normalized spacial score (nSPS) is 17.9. The highest BCUT2D eigenvalue weighted by Crippen LogP contribution is 2.37. The van der Waals surface area contributed by atoms with E-state index in [2.05, 4.69) is 15.9 Å². The monoisotopic (exact) mass is 272 g/mol. The molecular formula is C11H13BrO3. The van der Waals surface area contributed by atoms with Gasteiger partial charge in [-0.3, -0.25) is 0 Å². The molecule has 0 bridgehead atoms. The highest BCUT2D eigenvalue weighted by Gasteiger charge is 2.23. The highest BCUT2D eigenvalue weighted by atomic mass is 79.9. The molecule has 2 rings (SSSR count). The predicted molar refractivity (Wildman–Crippen MR) is 59.2 cm³/mol. The molecule has 1 N–H and O–H groups in total. The average Bonchev–Trinajstić information content (AvgIpc) is 2.62. The lowest BCUT2D eigenvalue weighted by Crippen LogP contribution is -2.03. The van der Waals surface area contributed by atoms with Crippen LogP contribution in [0.1, 0.15) is 54.3 Å². The van der Waals surface area contributed by atoms with Crippen molar-refractivity contribution in [2.75, 3.05) is 0 Å². The van der Waals surface area contributed by atoms with Crippen molar-refractivity contribution < 1.29 is 14.3 Å². The van der Waals surface area contributed by atoms with E-state index in [1.807, 2.05) is 0 Å². The molecule has 1 fully saturated rings. The second kappa shape index (κ2) is 4.39. The van der Waals surface area contributed by atoms with Crippen LogP contribution in [0.3, 0.4) is 0 Å². The van der Waals surface area contributed by atoms with Gasteiger partial charge in [0.15, 0.2) is 0 Å². The van der Waals surface area contributed by atoms with Gasteiger partial charge in [-0.2, -0.15) is 0 Å². The van der Waals surface area contributed by atoms with Gasteiger partial charge in [0.25, 0.3) is 0 Å². The Bertz CT molecular complexity index is 364. The summed E-state index contributed by atoms with van der Waals surface area (Å²) in [6, 6.07) is 1.55. The van der Waals surface area contributed by atoms with E-state index in [0.717, 1.165) is 23.1 Å². The Kier molecular flexibility index (Phi) is 3.14. The molecule has 0 unspecified atom stereocenters. The number of carbonyl (C=O) groups is 1. The topological polar surface area (TPSA) is 50.4 Å². The maximum Gasteiger partial charge on any atom is 0.371 e. The van der Waals surface area contributed by atoms with E-state index in [1.165, 1.54) is 19.3 Å². The number of carboxylic acid groups (broad SMARTS) is 1. The van der Waals surface area contributed by atoms with Crippen LogP contribution >= 0.6 is 15.9 Å². The molecule has 0 aromatic carbocycles. The van der Waals surface area contributed by atoms with Crippen molar-refractivity contribution >= 4 is 21.9 Å². The van der Waals surface area contributed by atoms with E-state index in [4.69, 9.17) is 9.52 Å². The van der Waals surface area contributed by atoms with Gasteiger partial charge >= 0.3 is 5.97 Å². The maximum atomic E-state index is 10.7. The summed E-state index contributed by atoms with van der Waals surface area (Å²) in [5, 5.41) is 8.81. The fraction of sp³-hybridized carbons (Fsp3) is 0.545. The summed E-state index contributed by atoms with van der Waals surface area (Å²) >= 11 is 3.36. The number of hydrogen-bond acceptors (Lipinski definition) is 2. The molecule has 3 nitrogen and oxygen atoms in total. The largest absolute Gasteiger partial charge is 0.475 e. The van der Waals surface area contributed by atoms with Gasteiger partial charge in [-0.15, -0.1) is 0 Å². The van der Waals surface area contributed by atoms with Crippen LogP contribution in [0.15, 0.2) is 15.0 Å². The molecule has 1 aliphatic carbocycles. The SMILES string of the molecule is O=C(O)c1cc(Br)c(C2CCCCC2)o1. The third-order valence-corrected chi connectivity index (χ3v) is 3.52. The summed E-state index contributed by atoms with van der Waals surface area (Å²) in [5.74, 6) is 0.230. The molecule has 0 amide bonds. The van der Waals surface area contributed by atoms with Gasteiger partial charge in [0.2, 0.25) is 5.76 Å². The highest BCUT2D eigenvalue weighted by molar-refractivity contribution is 9.10. The molecule has 15 heavy (non-hydrogen) atoms.